The molecule has 5 rings (SSSR count). The predicted molar refractivity (Wildman–Crippen MR) is 131 cm³/mol. The Morgan fingerprint density at radius 3 is 2.51 bits per heavy atom. The molecule has 0 radical (unpaired) electrons. The number of sulfonamides is 1. The predicted octanol–water partition coefficient (Wildman–Crippen LogP) is 3.96. The second-order valence-electron chi connectivity index (χ2n) is 8.55. The Morgan fingerprint density at radius 2 is 1.76 bits per heavy atom. The molecule has 12 heteroatoms. The Bertz CT molecular complexity index is 1520. The van der Waals surface area contributed by atoms with E-state index in [1.807, 2.05) is 0 Å². The quantitative estimate of drug-likeness (QED) is 0.265. The van der Waals surface area contributed by atoms with Crippen LogP contribution < -0.4 is 9.46 Å². The molecule has 2 amide bonds. The van der Waals surface area contributed by atoms with E-state index in [0.717, 1.165) is 18.9 Å². The summed E-state index contributed by atoms with van der Waals surface area (Å²) in [6.07, 6.45) is 1.53. The van der Waals surface area contributed by atoms with Gasteiger partial charge < -0.3 is 9.47 Å². The SMILES string of the molecule is O=C1c2ccc(Oc3cccc(NS(=O)(=O)c4cccc([N+](=O)[O-])c4)c3)cc2C(=O)N1CC1CCCO1. The minimum absolute atomic E-state index is 0.161. The number of rotatable bonds is 8. The van der Waals surface area contributed by atoms with E-state index in [-0.39, 0.29) is 57.5 Å². The molecule has 1 unspecified atom stereocenters. The Morgan fingerprint density at radius 1 is 1.00 bits per heavy atom. The van der Waals surface area contributed by atoms with E-state index in [2.05, 4.69) is 4.72 Å². The zero-order valence-electron chi connectivity index (χ0n) is 19.3. The second-order valence-corrected chi connectivity index (χ2v) is 10.2. The number of nitrogens with one attached hydrogen (secondary N) is 1. The van der Waals surface area contributed by atoms with E-state index in [1.54, 1.807) is 18.2 Å². The molecule has 2 aliphatic rings. The number of carbonyl (C=O) groups excluding carboxylic acids is 2. The molecule has 190 valence electrons. The molecular weight excluding hydrogens is 502 g/mol. The fourth-order valence-electron chi connectivity index (χ4n) is 4.23. The van der Waals surface area contributed by atoms with Crippen molar-refractivity contribution in [2.75, 3.05) is 17.9 Å². The van der Waals surface area contributed by atoms with E-state index in [4.69, 9.17) is 9.47 Å². The van der Waals surface area contributed by atoms with Crippen molar-refractivity contribution in [1.82, 2.24) is 4.90 Å². The van der Waals surface area contributed by atoms with Crippen molar-refractivity contribution in [3.63, 3.8) is 0 Å². The van der Waals surface area contributed by atoms with Gasteiger partial charge in [-0.15, -0.1) is 0 Å². The molecule has 1 saturated heterocycles. The molecule has 2 aliphatic heterocycles. The standard InChI is InChI=1S/C25H21N3O8S/c29-24-22-10-9-19(14-23(22)25(30)27(24)15-20-7-3-11-35-20)36-18-6-1-4-16(12-18)26-37(33,34)21-8-2-5-17(13-21)28(31)32/h1-2,4-6,8-10,12-14,20,26H,3,7,11,15H2. The molecule has 3 aromatic carbocycles. The highest BCUT2D eigenvalue weighted by atomic mass is 32.2. The maximum atomic E-state index is 12.9. The largest absolute Gasteiger partial charge is 0.457 e. The molecule has 11 nitrogen and oxygen atoms in total. The van der Waals surface area contributed by atoms with Crippen molar-refractivity contribution in [2.45, 2.75) is 23.8 Å². The number of non-ortho nitro benzene ring substituents is 1. The van der Waals surface area contributed by atoms with Crippen molar-refractivity contribution in [3.8, 4) is 11.5 Å². The Kier molecular flexibility index (Phi) is 6.36. The van der Waals surface area contributed by atoms with Crippen molar-refractivity contribution in [1.29, 1.82) is 0 Å². The summed E-state index contributed by atoms with van der Waals surface area (Å²) in [5.41, 5.74) is 0.329. The normalized spacial score (nSPS) is 17.1. The molecule has 0 saturated carbocycles. The maximum Gasteiger partial charge on any atom is 0.270 e. The topological polar surface area (TPSA) is 145 Å². The summed E-state index contributed by atoms with van der Waals surface area (Å²) >= 11 is 0. The average molecular weight is 524 g/mol. The van der Waals surface area contributed by atoms with Crippen LogP contribution in [0, 0.1) is 10.1 Å². The molecule has 1 fully saturated rings. The monoisotopic (exact) mass is 523 g/mol. The van der Waals surface area contributed by atoms with Crippen LogP contribution in [0.5, 0.6) is 11.5 Å². The van der Waals surface area contributed by atoms with Crippen LogP contribution in [0.3, 0.4) is 0 Å². The number of nitro groups is 1. The lowest BCUT2D eigenvalue weighted by Crippen LogP contribution is -2.36. The highest BCUT2D eigenvalue weighted by Crippen LogP contribution is 2.31. The summed E-state index contributed by atoms with van der Waals surface area (Å²) in [5, 5.41) is 11.0. The van der Waals surface area contributed by atoms with Crippen LogP contribution in [0.25, 0.3) is 0 Å². The fraction of sp³-hybridized carbons (Fsp3) is 0.200. The van der Waals surface area contributed by atoms with Gasteiger partial charge in [0.15, 0.2) is 0 Å². The molecule has 1 atom stereocenters. The number of carbonyl (C=O) groups is 2. The first-order valence-electron chi connectivity index (χ1n) is 11.4. The molecular formula is C25H21N3O8S. The number of amides is 2. The second kappa shape index (κ2) is 9.64. The third-order valence-corrected chi connectivity index (χ3v) is 7.39. The van der Waals surface area contributed by atoms with E-state index in [1.165, 1.54) is 47.4 Å². The van der Waals surface area contributed by atoms with Gasteiger partial charge in [0.25, 0.3) is 27.5 Å². The highest BCUT2D eigenvalue weighted by molar-refractivity contribution is 7.92. The van der Waals surface area contributed by atoms with Crippen molar-refractivity contribution in [2.24, 2.45) is 0 Å². The van der Waals surface area contributed by atoms with Crippen molar-refractivity contribution < 1.29 is 32.4 Å². The van der Waals surface area contributed by atoms with Gasteiger partial charge in [-0.2, -0.15) is 0 Å². The summed E-state index contributed by atoms with van der Waals surface area (Å²) in [7, 11) is -4.10. The number of nitrogens with zero attached hydrogens (tertiary/aromatic N) is 2. The third kappa shape index (κ3) is 5.01. The number of nitro benzene ring substituents is 1. The third-order valence-electron chi connectivity index (χ3n) is 6.01. The van der Waals surface area contributed by atoms with Gasteiger partial charge in [0.2, 0.25) is 0 Å². The molecule has 0 bridgehead atoms. The number of imide groups is 1. The average Bonchev–Trinajstić information content (AvgIpc) is 3.47. The van der Waals surface area contributed by atoms with Gasteiger partial charge in [0, 0.05) is 24.8 Å². The highest BCUT2D eigenvalue weighted by Gasteiger charge is 2.37. The Hall–Kier alpha value is -4.29. The van der Waals surface area contributed by atoms with Crippen LogP contribution in [-0.2, 0) is 14.8 Å². The van der Waals surface area contributed by atoms with Gasteiger partial charge in [-0.25, -0.2) is 8.42 Å². The summed E-state index contributed by atoms with van der Waals surface area (Å²) in [5.74, 6) is -0.233. The van der Waals surface area contributed by atoms with Crippen LogP contribution in [0.4, 0.5) is 11.4 Å². The smallest absolute Gasteiger partial charge is 0.270 e. The Balaban J connectivity index is 1.32. The molecule has 1 N–H and O–H groups in total. The van der Waals surface area contributed by atoms with Crippen LogP contribution in [0.1, 0.15) is 33.6 Å². The molecule has 3 aromatic rings. The number of hydrogen-bond acceptors (Lipinski definition) is 8. The molecule has 0 aromatic heterocycles. The summed E-state index contributed by atoms with van der Waals surface area (Å²) in [6, 6.07) is 15.3. The summed E-state index contributed by atoms with van der Waals surface area (Å²) in [6.45, 7) is 0.821. The molecule has 0 spiro atoms. The number of benzene rings is 3. The summed E-state index contributed by atoms with van der Waals surface area (Å²) in [4.78, 5) is 36.8. The van der Waals surface area contributed by atoms with Crippen LogP contribution in [0.15, 0.2) is 71.6 Å². The zero-order chi connectivity index (χ0) is 26.2. The van der Waals surface area contributed by atoms with Gasteiger partial charge >= 0.3 is 0 Å². The maximum absolute atomic E-state index is 12.9. The minimum Gasteiger partial charge on any atom is -0.457 e. The number of fused-ring (bicyclic) bond motifs is 1. The van der Waals surface area contributed by atoms with Gasteiger partial charge in [0.1, 0.15) is 11.5 Å². The number of anilines is 1. The Labute approximate surface area is 211 Å². The minimum atomic E-state index is -4.10. The first-order chi connectivity index (χ1) is 17.7. The zero-order valence-corrected chi connectivity index (χ0v) is 20.1. The van der Waals surface area contributed by atoms with Gasteiger partial charge in [-0.3, -0.25) is 29.3 Å². The lowest BCUT2D eigenvalue weighted by atomic mass is 10.1. The lowest BCUT2D eigenvalue weighted by Gasteiger charge is -2.17. The van der Waals surface area contributed by atoms with Gasteiger partial charge in [-0.1, -0.05) is 12.1 Å². The molecule has 0 aliphatic carbocycles. The van der Waals surface area contributed by atoms with Crippen LogP contribution in [0.2, 0.25) is 0 Å². The number of hydrogen-bond donors (Lipinski definition) is 1. The van der Waals surface area contributed by atoms with E-state index >= 15 is 0 Å². The molecule has 37 heavy (non-hydrogen) atoms. The van der Waals surface area contributed by atoms with Crippen LogP contribution in [-0.4, -0.2) is 49.3 Å². The first kappa shape index (κ1) is 24.4. The van der Waals surface area contributed by atoms with E-state index in [0.29, 0.717) is 6.61 Å². The van der Waals surface area contributed by atoms with E-state index in [9.17, 15) is 28.1 Å². The summed E-state index contributed by atoms with van der Waals surface area (Å²) < 4.78 is 39.2. The first-order valence-corrected chi connectivity index (χ1v) is 12.9. The molecule has 2 heterocycles. The van der Waals surface area contributed by atoms with Crippen molar-refractivity contribution in [3.05, 3.63) is 88.0 Å². The number of ether oxygens (including phenoxy) is 2. The lowest BCUT2D eigenvalue weighted by molar-refractivity contribution is -0.385. The van der Waals surface area contributed by atoms with Crippen LogP contribution >= 0.6 is 0 Å². The van der Waals surface area contributed by atoms with Crippen molar-refractivity contribution >= 4 is 33.2 Å². The van der Waals surface area contributed by atoms with Gasteiger partial charge in [0.05, 0.1) is 39.3 Å². The van der Waals surface area contributed by atoms with Gasteiger partial charge in [-0.05, 0) is 49.2 Å². The van der Waals surface area contributed by atoms with E-state index < -0.39 is 20.9 Å². The fourth-order valence-corrected chi connectivity index (χ4v) is 5.32.